The van der Waals surface area contributed by atoms with Gasteiger partial charge in [-0.05, 0) is 74.5 Å². The van der Waals surface area contributed by atoms with Crippen LogP contribution < -0.4 is 5.32 Å². The van der Waals surface area contributed by atoms with Gasteiger partial charge in [0, 0.05) is 10.6 Å². The van der Waals surface area contributed by atoms with E-state index in [-0.39, 0.29) is 29.4 Å². The van der Waals surface area contributed by atoms with Gasteiger partial charge in [-0.1, -0.05) is 11.6 Å². The minimum absolute atomic E-state index is 0.0323. The number of rotatable bonds is 4. The number of halogens is 1. The Morgan fingerprint density at radius 1 is 1.16 bits per heavy atom. The Kier molecular flexibility index (Phi) is 4.14. The molecule has 1 aromatic rings. The molecule has 25 heavy (non-hydrogen) atoms. The lowest BCUT2D eigenvalue weighted by molar-refractivity contribution is -0.130. The van der Waals surface area contributed by atoms with Crippen molar-refractivity contribution in [2.45, 2.75) is 44.1 Å². The van der Waals surface area contributed by atoms with Gasteiger partial charge in [-0.3, -0.25) is 4.79 Å². The number of hydrogen-bond acceptors (Lipinski definition) is 4. The van der Waals surface area contributed by atoms with E-state index >= 15 is 0 Å². The summed E-state index contributed by atoms with van der Waals surface area (Å²) >= 11 is 5.83. The first-order chi connectivity index (χ1) is 11.9. The number of carbonyl (C=O) groups excluding carboxylic acids is 2. The molecular formula is C19H22ClNO4. The second kappa shape index (κ2) is 6.20. The van der Waals surface area contributed by atoms with E-state index in [1.165, 1.54) is 37.5 Å². The molecular weight excluding hydrogens is 342 g/mol. The monoisotopic (exact) mass is 363 g/mol. The summed E-state index contributed by atoms with van der Waals surface area (Å²) < 4.78 is 5.07. The lowest BCUT2D eigenvalue weighted by atomic mass is 9.53. The van der Waals surface area contributed by atoms with E-state index in [0.29, 0.717) is 5.02 Å². The zero-order chi connectivity index (χ0) is 17.6. The Bertz CT molecular complexity index is 682. The molecule has 0 heterocycles. The summed E-state index contributed by atoms with van der Waals surface area (Å²) in [5.41, 5.74) is -0.133. The predicted octanol–water partition coefficient (Wildman–Crippen LogP) is 3.29. The maximum atomic E-state index is 12.3. The third-order valence-electron chi connectivity index (χ3n) is 5.96. The molecule has 4 aliphatic rings. The highest BCUT2D eigenvalue weighted by molar-refractivity contribution is 6.31. The number of aromatic hydroxyl groups is 1. The molecule has 4 fully saturated rings. The van der Waals surface area contributed by atoms with Crippen molar-refractivity contribution in [1.82, 2.24) is 5.32 Å². The highest BCUT2D eigenvalue weighted by Gasteiger charge is 2.51. The first kappa shape index (κ1) is 16.7. The molecule has 0 aromatic heterocycles. The number of esters is 1. The third-order valence-corrected chi connectivity index (χ3v) is 6.19. The highest BCUT2D eigenvalue weighted by Crippen LogP contribution is 2.55. The Morgan fingerprint density at radius 2 is 1.76 bits per heavy atom. The van der Waals surface area contributed by atoms with Crippen molar-refractivity contribution in [2.24, 2.45) is 17.8 Å². The number of benzene rings is 1. The fourth-order valence-electron chi connectivity index (χ4n) is 5.48. The topological polar surface area (TPSA) is 75.6 Å². The minimum atomic E-state index is -0.749. The molecule has 0 atom stereocenters. The molecule has 1 amide bonds. The van der Waals surface area contributed by atoms with Crippen LogP contribution in [0.1, 0.15) is 48.9 Å². The van der Waals surface area contributed by atoms with Crippen LogP contribution in [0.25, 0.3) is 0 Å². The molecule has 5 nitrogen and oxygen atoms in total. The van der Waals surface area contributed by atoms with Crippen molar-refractivity contribution in [3.63, 3.8) is 0 Å². The largest absolute Gasteiger partial charge is 0.507 e. The molecule has 4 saturated carbocycles. The predicted molar refractivity (Wildman–Crippen MR) is 92.4 cm³/mol. The van der Waals surface area contributed by atoms with Gasteiger partial charge < -0.3 is 15.2 Å². The summed E-state index contributed by atoms with van der Waals surface area (Å²) in [5, 5.41) is 13.2. The van der Waals surface area contributed by atoms with E-state index in [4.69, 9.17) is 16.3 Å². The van der Waals surface area contributed by atoms with Gasteiger partial charge in [-0.2, -0.15) is 0 Å². The molecule has 6 heteroatoms. The summed E-state index contributed by atoms with van der Waals surface area (Å²) in [6, 6.07) is 4.14. The maximum absolute atomic E-state index is 12.3. The minimum Gasteiger partial charge on any atom is -0.507 e. The first-order valence-electron chi connectivity index (χ1n) is 8.89. The van der Waals surface area contributed by atoms with E-state index in [1.54, 1.807) is 0 Å². The van der Waals surface area contributed by atoms with E-state index < -0.39 is 5.97 Å². The second-order valence-electron chi connectivity index (χ2n) is 7.98. The van der Waals surface area contributed by atoms with Crippen LogP contribution in [0.3, 0.4) is 0 Å². The smallest absolute Gasteiger partial charge is 0.342 e. The first-order valence-corrected chi connectivity index (χ1v) is 9.27. The van der Waals surface area contributed by atoms with Crippen LogP contribution in [0.5, 0.6) is 5.75 Å². The molecule has 4 aliphatic carbocycles. The van der Waals surface area contributed by atoms with Gasteiger partial charge in [0.25, 0.3) is 5.91 Å². The molecule has 2 N–H and O–H groups in total. The SMILES string of the molecule is O=C(COC(=O)c1cc(Cl)ccc1O)NC12CC3CC(CC(C3)C1)C2. The van der Waals surface area contributed by atoms with Gasteiger partial charge in [-0.15, -0.1) is 0 Å². The number of hydrogen-bond donors (Lipinski definition) is 2. The van der Waals surface area contributed by atoms with E-state index in [1.807, 2.05) is 0 Å². The molecule has 4 bridgehead atoms. The number of nitrogens with one attached hydrogen (secondary N) is 1. The van der Waals surface area contributed by atoms with Crippen LogP contribution in [0.4, 0.5) is 0 Å². The van der Waals surface area contributed by atoms with Gasteiger partial charge in [0.2, 0.25) is 0 Å². The van der Waals surface area contributed by atoms with Crippen molar-refractivity contribution in [1.29, 1.82) is 0 Å². The van der Waals surface area contributed by atoms with Crippen LogP contribution in [0.15, 0.2) is 18.2 Å². The molecule has 0 spiro atoms. The summed E-state index contributed by atoms with van der Waals surface area (Å²) in [7, 11) is 0. The van der Waals surface area contributed by atoms with Gasteiger partial charge in [0.05, 0.1) is 0 Å². The molecule has 134 valence electrons. The molecule has 1 aromatic carbocycles. The van der Waals surface area contributed by atoms with Crippen molar-refractivity contribution in [3.05, 3.63) is 28.8 Å². The van der Waals surface area contributed by atoms with Crippen molar-refractivity contribution >= 4 is 23.5 Å². The standard InChI is InChI=1S/C19H22ClNO4/c20-14-1-2-16(22)15(6-14)18(24)25-10-17(23)21-19-7-11-3-12(8-19)5-13(4-11)9-19/h1-2,6,11-13,22H,3-5,7-10H2,(H,21,23). The summed E-state index contributed by atoms with van der Waals surface area (Å²) in [5.74, 6) is 0.973. The fourth-order valence-corrected chi connectivity index (χ4v) is 5.65. The van der Waals surface area contributed by atoms with E-state index in [9.17, 15) is 14.7 Å². The number of phenolic OH excluding ortho intramolecular Hbond substituents is 1. The highest BCUT2D eigenvalue weighted by atomic mass is 35.5. The fraction of sp³-hybridized carbons (Fsp3) is 0.579. The van der Waals surface area contributed by atoms with Gasteiger partial charge in [0.15, 0.2) is 6.61 Å². The lowest BCUT2D eigenvalue weighted by Gasteiger charge is -2.56. The van der Waals surface area contributed by atoms with E-state index in [2.05, 4.69) is 5.32 Å². The number of phenols is 1. The van der Waals surface area contributed by atoms with Crippen molar-refractivity contribution < 1.29 is 19.4 Å². The lowest BCUT2D eigenvalue weighted by Crippen LogP contribution is -2.60. The maximum Gasteiger partial charge on any atom is 0.342 e. The van der Waals surface area contributed by atoms with Crippen molar-refractivity contribution in [2.75, 3.05) is 6.61 Å². The molecule has 0 unspecified atom stereocenters. The van der Waals surface area contributed by atoms with Crippen LogP contribution >= 0.6 is 11.6 Å². The third kappa shape index (κ3) is 3.34. The van der Waals surface area contributed by atoms with Gasteiger partial charge in [-0.25, -0.2) is 4.79 Å². The van der Waals surface area contributed by atoms with Gasteiger partial charge in [0.1, 0.15) is 11.3 Å². The zero-order valence-corrected chi connectivity index (χ0v) is 14.7. The zero-order valence-electron chi connectivity index (χ0n) is 14.0. The molecule has 5 rings (SSSR count). The number of carbonyl (C=O) groups is 2. The Balaban J connectivity index is 1.35. The van der Waals surface area contributed by atoms with Crippen LogP contribution in [-0.4, -0.2) is 29.1 Å². The number of amides is 1. The second-order valence-corrected chi connectivity index (χ2v) is 8.42. The van der Waals surface area contributed by atoms with E-state index in [0.717, 1.165) is 37.0 Å². The van der Waals surface area contributed by atoms with Gasteiger partial charge >= 0.3 is 5.97 Å². The normalized spacial score (nSPS) is 32.4. The summed E-state index contributed by atoms with van der Waals surface area (Å²) in [4.78, 5) is 24.4. The Hall–Kier alpha value is -1.75. The van der Waals surface area contributed by atoms with Crippen LogP contribution in [0.2, 0.25) is 5.02 Å². The Labute approximate surface area is 151 Å². The van der Waals surface area contributed by atoms with Crippen molar-refractivity contribution in [3.8, 4) is 5.75 Å². The van der Waals surface area contributed by atoms with Crippen LogP contribution in [-0.2, 0) is 9.53 Å². The quantitative estimate of drug-likeness (QED) is 0.805. The average molecular weight is 364 g/mol. The molecule has 0 radical (unpaired) electrons. The summed E-state index contributed by atoms with van der Waals surface area (Å²) in [6.07, 6.45) is 7.06. The molecule has 0 saturated heterocycles. The average Bonchev–Trinajstić information content (AvgIpc) is 2.53. The molecule has 0 aliphatic heterocycles. The number of ether oxygens (including phenoxy) is 1. The summed E-state index contributed by atoms with van der Waals surface area (Å²) in [6.45, 7) is -0.341. The van der Waals surface area contributed by atoms with Crippen LogP contribution in [0, 0.1) is 17.8 Å². The Morgan fingerprint density at radius 3 is 2.36 bits per heavy atom.